The SMILES string of the molecule is c1ccc(-c2ncc(-n3c4ccc(-c5ccc6c(c5)n5c7ccccc7nc5n6-c5ccccc5)cc4n4c5ccccc5nc34)cn2)cc1. The van der Waals surface area contributed by atoms with E-state index in [1.54, 1.807) is 0 Å². The predicted molar refractivity (Wildman–Crippen MR) is 199 cm³/mol. The third kappa shape index (κ3) is 3.81. The van der Waals surface area contributed by atoms with Crippen LogP contribution in [0.5, 0.6) is 0 Å². The van der Waals surface area contributed by atoms with E-state index in [2.05, 4.69) is 115 Å². The average molecular weight is 643 g/mol. The molecule has 0 atom stereocenters. The molecular weight excluding hydrogens is 617 g/mol. The smallest absolute Gasteiger partial charge is 0.220 e. The molecule has 0 radical (unpaired) electrons. The number of fused-ring (bicyclic) bond motifs is 10. The van der Waals surface area contributed by atoms with Crippen LogP contribution in [0.25, 0.3) is 89.6 Å². The van der Waals surface area contributed by atoms with Gasteiger partial charge in [-0.1, -0.05) is 84.9 Å². The molecule has 5 heterocycles. The van der Waals surface area contributed by atoms with Crippen LogP contribution in [-0.2, 0) is 0 Å². The Labute approximate surface area is 284 Å². The summed E-state index contributed by atoms with van der Waals surface area (Å²) in [6.07, 6.45) is 3.77. The predicted octanol–water partition coefficient (Wildman–Crippen LogP) is 9.30. The Balaban J connectivity index is 1.13. The zero-order valence-electron chi connectivity index (χ0n) is 26.6. The first kappa shape index (κ1) is 26.9. The Morgan fingerprint density at radius 1 is 0.360 bits per heavy atom. The lowest BCUT2D eigenvalue weighted by Gasteiger charge is -2.08. The molecule has 0 aliphatic carbocycles. The fourth-order valence-electron chi connectivity index (χ4n) is 7.42. The highest BCUT2D eigenvalue weighted by atomic mass is 15.2. The number of para-hydroxylation sites is 5. The molecule has 0 bridgehead atoms. The molecule has 0 amide bonds. The summed E-state index contributed by atoms with van der Waals surface area (Å²) < 4.78 is 8.91. The van der Waals surface area contributed by atoms with Gasteiger partial charge in [-0.3, -0.25) is 17.9 Å². The van der Waals surface area contributed by atoms with Crippen molar-refractivity contribution in [3.8, 4) is 33.9 Å². The summed E-state index contributed by atoms with van der Waals surface area (Å²) >= 11 is 0. The van der Waals surface area contributed by atoms with Gasteiger partial charge in [-0.25, -0.2) is 19.9 Å². The number of hydrogen-bond acceptors (Lipinski definition) is 4. The summed E-state index contributed by atoms with van der Waals surface area (Å²) in [5, 5.41) is 0. The van der Waals surface area contributed by atoms with Gasteiger partial charge in [0.2, 0.25) is 11.6 Å². The van der Waals surface area contributed by atoms with Crippen molar-refractivity contribution in [2.45, 2.75) is 0 Å². The number of benzene rings is 6. The summed E-state index contributed by atoms with van der Waals surface area (Å²) in [5.41, 5.74) is 13.4. The molecule has 0 saturated heterocycles. The van der Waals surface area contributed by atoms with Crippen LogP contribution in [0.4, 0.5) is 0 Å². The molecular formula is C42H26N8. The highest BCUT2D eigenvalue weighted by molar-refractivity contribution is 5.97. The van der Waals surface area contributed by atoms with E-state index in [-0.39, 0.29) is 0 Å². The van der Waals surface area contributed by atoms with E-state index < -0.39 is 0 Å². The van der Waals surface area contributed by atoms with E-state index in [0.29, 0.717) is 5.82 Å². The van der Waals surface area contributed by atoms with Crippen molar-refractivity contribution >= 4 is 55.7 Å². The van der Waals surface area contributed by atoms with Gasteiger partial charge in [0, 0.05) is 11.3 Å². The maximum absolute atomic E-state index is 5.10. The van der Waals surface area contributed by atoms with Gasteiger partial charge in [-0.05, 0) is 71.8 Å². The van der Waals surface area contributed by atoms with Crippen molar-refractivity contribution in [3.05, 3.63) is 158 Å². The number of rotatable bonds is 4. The monoisotopic (exact) mass is 642 g/mol. The second kappa shape index (κ2) is 10.2. The van der Waals surface area contributed by atoms with Crippen LogP contribution < -0.4 is 0 Å². The first-order valence-electron chi connectivity index (χ1n) is 16.6. The second-order valence-electron chi connectivity index (χ2n) is 12.5. The van der Waals surface area contributed by atoms with E-state index in [9.17, 15) is 0 Å². The summed E-state index contributed by atoms with van der Waals surface area (Å²) in [4.78, 5) is 19.7. The molecule has 50 heavy (non-hydrogen) atoms. The van der Waals surface area contributed by atoms with Gasteiger partial charge in [0.1, 0.15) is 0 Å². The Hall–Kier alpha value is -7.06. The van der Waals surface area contributed by atoms with Crippen LogP contribution in [0.15, 0.2) is 158 Å². The van der Waals surface area contributed by atoms with Gasteiger partial charge < -0.3 is 0 Å². The van der Waals surface area contributed by atoms with Gasteiger partial charge in [0.05, 0.1) is 62.2 Å². The number of imidazole rings is 4. The molecule has 0 spiro atoms. The molecule has 0 unspecified atom stereocenters. The van der Waals surface area contributed by atoms with Crippen molar-refractivity contribution in [1.82, 2.24) is 37.9 Å². The Bertz CT molecular complexity index is 3070. The molecule has 0 N–H and O–H groups in total. The summed E-state index contributed by atoms with van der Waals surface area (Å²) in [7, 11) is 0. The molecule has 11 rings (SSSR count). The van der Waals surface area contributed by atoms with Crippen LogP contribution in [0.1, 0.15) is 0 Å². The van der Waals surface area contributed by atoms with Gasteiger partial charge in [0.15, 0.2) is 5.82 Å². The van der Waals surface area contributed by atoms with E-state index in [4.69, 9.17) is 19.9 Å². The molecule has 0 aliphatic rings. The molecule has 6 aromatic carbocycles. The molecule has 8 heteroatoms. The number of aromatic nitrogens is 8. The first-order chi connectivity index (χ1) is 24.8. The quantitative estimate of drug-likeness (QED) is 0.192. The summed E-state index contributed by atoms with van der Waals surface area (Å²) in [6.45, 7) is 0. The summed E-state index contributed by atoms with van der Waals surface area (Å²) in [5.74, 6) is 2.40. The molecule has 0 saturated carbocycles. The fourth-order valence-corrected chi connectivity index (χ4v) is 7.42. The Morgan fingerprint density at radius 3 is 1.40 bits per heavy atom. The third-order valence-electron chi connectivity index (χ3n) is 9.68. The third-order valence-corrected chi connectivity index (χ3v) is 9.68. The highest BCUT2D eigenvalue weighted by Gasteiger charge is 2.21. The fraction of sp³-hybridized carbons (Fsp3) is 0. The van der Waals surface area contributed by atoms with Gasteiger partial charge >= 0.3 is 0 Å². The lowest BCUT2D eigenvalue weighted by molar-refractivity contribution is 1.05. The van der Waals surface area contributed by atoms with Crippen molar-refractivity contribution in [3.63, 3.8) is 0 Å². The molecule has 0 fully saturated rings. The van der Waals surface area contributed by atoms with Crippen molar-refractivity contribution < 1.29 is 0 Å². The van der Waals surface area contributed by atoms with Gasteiger partial charge in [-0.2, -0.15) is 0 Å². The zero-order valence-corrected chi connectivity index (χ0v) is 26.6. The number of nitrogens with zero attached hydrogens (tertiary/aromatic N) is 8. The highest BCUT2D eigenvalue weighted by Crippen LogP contribution is 2.35. The van der Waals surface area contributed by atoms with Gasteiger partial charge in [0.25, 0.3) is 0 Å². The normalized spacial score (nSPS) is 12.0. The maximum Gasteiger partial charge on any atom is 0.220 e. The van der Waals surface area contributed by atoms with E-state index in [1.807, 2.05) is 60.9 Å². The van der Waals surface area contributed by atoms with E-state index >= 15 is 0 Å². The Kier molecular flexibility index (Phi) is 5.51. The van der Waals surface area contributed by atoms with Crippen molar-refractivity contribution in [1.29, 1.82) is 0 Å². The minimum absolute atomic E-state index is 0.689. The van der Waals surface area contributed by atoms with Crippen molar-refractivity contribution in [2.24, 2.45) is 0 Å². The zero-order chi connectivity index (χ0) is 32.8. The molecule has 0 aliphatic heterocycles. The topological polar surface area (TPSA) is 70.2 Å². The lowest BCUT2D eigenvalue weighted by Crippen LogP contribution is -1.98. The van der Waals surface area contributed by atoms with E-state index in [1.165, 1.54) is 0 Å². The van der Waals surface area contributed by atoms with Crippen molar-refractivity contribution in [2.75, 3.05) is 0 Å². The van der Waals surface area contributed by atoms with Crippen LogP contribution in [0.3, 0.4) is 0 Å². The second-order valence-corrected chi connectivity index (χ2v) is 12.5. The standard InChI is InChI=1S/C42H26N8/c1-3-11-27(12-4-1)40-43-25-31(26-44-40)48-37-22-20-29(24-39(37)50-35-18-10-8-16-33(35)46-42(48)50)28-19-21-36-38(23-28)49-34-17-9-7-15-32(34)45-41(49)47(36)30-13-5-2-6-14-30/h1-26H. The van der Waals surface area contributed by atoms with Gasteiger partial charge in [-0.15, -0.1) is 0 Å². The largest absolute Gasteiger partial charge is 0.278 e. The van der Waals surface area contributed by atoms with Crippen LogP contribution in [-0.4, -0.2) is 37.9 Å². The minimum atomic E-state index is 0.689. The molecule has 11 aromatic rings. The first-order valence-corrected chi connectivity index (χ1v) is 16.6. The van der Waals surface area contributed by atoms with E-state index in [0.717, 1.165) is 83.8 Å². The minimum Gasteiger partial charge on any atom is -0.278 e. The van der Waals surface area contributed by atoms with Crippen LogP contribution in [0.2, 0.25) is 0 Å². The van der Waals surface area contributed by atoms with Crippen LogP contribution >= 0.6 is 0 Å². The number of hydrogen-bond donors (Lipinski definition) is 0. The lowest BCUT2D eigenvalue weighted by atomic mass is 10.0. The molecule has 234 valence electrons. The maximum atomic E-state index is 5.10. The summed E-state index contributed by atoms with van der Waals surface area (Å²) in [6, 6.07) is 50.5. The average Bonchev–Trinajstić information content (AvgIpc) is 3.91. The molecule has 5 aromatic heterocycles. The Morgan fingerprint density at radius 2 is 0.840 bits per heavy atom. The van der Waals surface area contributed by atoms with Crippen LogP contribution in [0, 0.1) is 0 Å². The molecule has 8 nitrogen and oxygen atoms in total.